The number of hydrogen-bond acceptors (Lipinski definition) is 10. The Balaban J connectivity index is 1.58. The van der Waals surface area contributed by atoms with Gasteiger partial charge < -0.3 is 28.4 Å². The van der Waals surface area contributed by atoms with E-state index >= 15 is 0 Å². The van der Waals surface area contributed by atoms with E-state index in [0.717, 1.165) is 62.5 Å². The Bertz CT molecular complexity index is 1880. The van der Waals surface area contributed by atoms with Crippen molar-refractivity contribution in [1.82, 2.24) is 0 Å². The number of carbonyl (C=O) groups is 4. The summed E-state index contributed by atoms with van der Waals surface area (Å²) in [5, 5.41) is 0. The molecule has 0 aliphatic rings. The van der Waals surface area contributed by atoms with Gasteiger partial charge in [0.25, 0.3) is 0 Å². The van der Waals surface area contributed by atoms with Crippen LogP contribution in [0.2, 0.25) is 0 Å². The van der Waals surface area contributed by atoms with Crippen molar-refractivity contribution < 1.29 is 47.6 Å². The molecule has 0 saturated heterocycles. The Morgan fingerprint density at radius 1 is 0.517 bits per heavy atom. The second-order valence-corrected chi connectivity index (χ2v) is 13.9. The van der Waals surface area contributed by atoms with Crippen molar-refractivity contribution in [2.24, 2.45) is 0 Å². The van der Waals surface area contributed by atoms with Crippen molar-refractivity contribution in [3.8, 4) is 34.1 Å². The van der Waals surface area contributed by atoms with Crippen molar-refractivity contribution in [1.29, 1.82) is 0 Å². The normalized spacial score (nSPS) is 10.6. The molecular formula is C48H54O10. The molecule has 0 unspecified atom stereocenters. The number of ether oxygens (including phenoxy) is 6. The largest absolute Gasteiger partial charge is 0.494 e. The topological polar surface area (TPSA) is 124 Å². The monoisotopic (exact) mass is 790 g/mol. The number of benzene rings is 4. The van der Waals surface area contributed by atoms with Gasteiger partial charge in [-0.25, -0.2) is 9.59 Å². The fourth-order valence-electron chi connectivity index (χ4n) is 6.28. The molecule has 4 rings (SSSR count). The SMILES string of the molecule is C=CCCCCCOc1ccc(COC(=O)c2cc(OC(C)=O)cc(C)c2-c2c(C)cc(OC(C)=O)cc2C(=O)OCc2ccc(OCCCCCC=C)cc2)cc1. The smallest absolute Gasteiger partial charge is 0.339 e. The molecule has 0 heterocycles. The second-order valence-electron chi connectivity index (χ2n) is 13.9. The predicted octanol–water partition coefficient (Wildman–Crippen LogP) is 10.8. The Morgan fingerprint density at radius 3 is 1.24 bits per heavy atom. The molecule has 0 saturated carbocycles. The van der Waals surface area contributed by atoms with Crippen LogP contribution in [0.15, 0.2) is 98.1 Å². The molecule has 10 nitrogen and oxygen atoms in total. The molecule has 0 fully saturated rings. The molecule has 0 aliphatic carbocycles. The molecule has 4 aromatic rings. The van der Waals surface area contributed by atoms with E-state index in [-0.39, 0.29) is 35.8 Å². The standard InChI is InChI=1S/C48H54O10/c1-7-9-11-13-15-25-53-39-21-17-37(18-22-39)31-55-47(51)43-29-41(57-35(5)49)27-33(3)45(43)46-34(4)28-42(58-36(6)50)30-44(46)48(52)56-32-38-19-23-40(24-20-38)54-26-16-14-12-10-8-2/h7-8,17-24,27-30H,1-2,9-16,25-26,31-32H2,3-6H3. The van der Waals surface area contributed by atoms with Crippen molar-refractivity contribution in [2.75, 3.05) is 13.2 Å². The molecule has 10 heteroatoms. The maximum Gasteiger partial charge on any atom is 0.339 e. The second kappa shape index (κ2) is 23.2. The van der Waals surface area contributed by atoms with Crippen molar-refractivity contribution >= 4 is 23.9 Å². The molecule has 0 radical (unpaired) electrons. The van der Waals surface area contributed by atoms with Gasteiger partial charge >= 0.3 is 23.9 Å². The maximum atomic E-state index is 14.0. The maximum absolute atomic E-state index is 14.0. The molecule has 306 valence electrons. The first kappa shape index (κ1) is 44.6. The van der Waals surface area contributed by atoms with E-state index in [9.17, 15) is 19.2 Å². The number of hydrogen-bond donors (Lipinski definition) is 0. The van der Waals surface area contributed by atoms with Gasteiger partial charge in [-0.15, -0.1) is 13.2 Å². The van der Waals surface area contributed by atoms with E-state index in [4.69, 9.17) is 28.4 Å². The Morgan fingerprint density at radius 2 is 0.897 bits per heavy atom. The lowest BCUT2D eigenvalue weighted by molar-refractivity contribution is -0.132. The summed E-state index contributed by atoms with van der Waals surface area (Å²) in [5.41, 5.74) is 3.33. The fourth-order valence-corrected chi connectivity index (χ4v) is 6.28. The molecule has 0 spiro atoms. The van der Waals surface area contributed by atoms with Crippen LogP contribution in [-0.4, -0.2) is 37.1 Å². The van der Waals surface area contributed by atoms with Gasteiger partial charge in [0.05, 0.1) is 24.3 Å². The zero-order valence-electron chi connectivity index (χ0n) is 34.1. The van der Waals surface area contributed by atoms with Crippen LogP contribution in [0.25, 0.3) is 11.1 Å². The van der Waals surface area contributed by atoms with Crippen LogP contribution in [0.5, 0.6) is 23.0 Å². The molecule has 0 atom stereocenters. The number of unbranched alkanes of at least 4 members (excludes halogenated alkanes) is 6. The minimum atomic E-state index is -0.714. The summed E-state index contributed by atoms with van der Waals surface area (Å²) < 4.78 is 34.1. The van der Waals surface area contributed by atoms with Crippen LogP contribution < -0.4 is 18.9 Å². The minimum absolute atomic E-state index is 0.0568. The lowest BCUT2D eigenvalue weighted by atomic mass is 9.88. The van der Waals surface area contributed by atoms with Gasteiger partial charge in [-0.3, -0.25) is 9.59 Å². The zero-order valence-corrected chi connectivity index (χ0v) is 34.1. The van der Waals surface area contributed by atoms with E-state index in [2.05, 4.69) is 13.2 Å². The van der Waals surface area contributed by atoms with Crippen molar-refractivity contribution in [2.45, 2.75) is 92.3 Å². The minimum Gasteiger partial charge on any atom is -0.494 e. The van der Waals surface area contributed by atoms with Crippen LogP contribution in [-0.2, 0) is 32.3 Å². The third kappa shape index (κ3) is 14.1. The summed E-state index contributed by atoms with van der Waals surface area (Å²) in [5.74, 6) is -0.890. The Hall–Kier alpha value is -6.16. The van der Waals surface area contributed by atoms with Crippen LogP contribution in [0.4, 0.5) is 0 Å². The highest BCUT2D eigenvalue weighted by molar-refractivity contribution is 6.05. The molecule has 0 bridgehead atoms. The van der Waals surface area contributed by atoms with Crippen molar-refractivity contribution in [3.05, 3.63) is 131 Å². The molecular weight excluding hydrogens is 737 g/mol. The van der Waals surface area contributed by atoms with Gasteiger partial charge in [-0.1, -0.05) is 36.4 Å². The van der Waals surface area contributed by atoms with Gasteiger partial charge in [0, 0.05) is 25.0 Å². The molecule has 0 aliphatic heterocycles. The molecule has 0 N–H and O–H groups in total. The molecule has 0 aromatic heterocycles. The first-order valence-corrected chi connectivity index (χ1v) is 19.6. The van der Waals surface area contributed by atoms with Crippen LogP contribution >= 0.6 is 0 Å². The summed E-state index contributed by atoms with van der Waals surface area (Å²) in [4.78, 5) is 51.9. The van der Waals surface area contributed by atoms with Crippen LogP contribution in [0.1, 0.15) is 108 Å². The zero-order chi connectivity index (χ0) is 41.9. The average Bonchev–Trinajstić information content (AvgIpc) is 3.19. The molecule has 0 amide bonds. The highest BCUT2D eigenvalue weighted by Crippen LogP contribution is 2.39. The Kier molecular flexibility index (Phi) is 17.8. The predicted molar refractivity (Wildman–Crippen MR) is 223 cm³/mol. The number of allylic oxidation sites excluding steroid dienone is 2. The summed E-state index contributed by atoms with van der Waals surface area (Å²) >= 11 is 0. The molecule has 58 heavy (non-hydrogen) atoms. The number of carbonyl (C=O) groups excluding carboxylic acids is 4. The van der Waals surface area contributed by atoms with E-state index in [1.165, 1.54) is 26.0 Å². The summed E-state index contributed by atoms with van der Waals surface area (Å²) in [6.45, 7) is 14.6. The van der Waals surface area contributed by atoms with E-state index < -0.39 is 23.9 Å². The summed E-state index contributed by atoms with van der Waals surface area (Å²) in [7, 11) is 0. The number of esters is 4. The lowest BCUT2D eigenvalue weighted by Crippen LogP contribution is -2.14. The highest BCUT2D eigenvalue weighted by Gasteiger charge is 2.27. The van der Waals surface area contributed by atoms with Gasteiger partial charge in [0.15, 0.2) is 0 Å². The van der Waals surface area contributed by atoms with Crippen LogP contribution in [0, 0.1) is 13.8 Å². The lowest BCUT2D eigenvalue weighted by Gasteiger charge is -2.20. The van der Waals surface area contributed by atoms with Crippen molar-refractivity contribution in [3.63, 3.8) is 0 Å². The summed E-state index contributed by atoms with van der Waals surface area (Å²) in [6.07, 6.45) is 12.0. The van der Waals surface area contributed by atoms with E-state index in [1.807, 2.05) is 60.7 Å². The van der Waals surface area contributed by atoms with Crippen LogP contribution in [0.3, 0.4) is 0 Å². The number of rotatable bonds is 23. The average molecular weight is 791 g/mol. The third-order valence-electron chi connectivity index (χ3n) is 9.06. The first-order chi connectivity index (χ1) is 28.0. The fraction of sp³-hybridized carbons (Fsp3) is 0.333. The summed E-state index contributed by atoms with van der Waals surface area (Å²) in [6, 6.07) is 20.6. The highest BCUT2D eigenvalue weighted by atomic mass is 16.5. The van der Waals surface area contributed by atoms with E-state index in [1.54, 1.807) is 26.0 Å². The first-order valence-electron chi connectivity index (χ1n) is 19.6. The van der Waals surface area contributed by atoms with E-state index in [0.29, 0.717) is 47.0 Å². The number of aryl methyl sites for hydroxylation is 2. The Labute approximate surface area is 341 Å². The van der Waals surface area contributed by atoms with Gasteiger partial charge in [0.1, 0.15) is 36.2 Å². The quantitative estimate of drug-likeness (QED) is 0.0310. The van der Waals surface area contributed by atoms with Gasteiger partial charge in [-0.2, -0.15) is 0 Å². The van der Waals surface area contributed by atoms with Gasteiger partial charge in [-0.05, 0) is 136 Å². The molecule has 4 aromatic carbocycles. The van der Waals surface area contributed by atoms with Gasteiger partial charge in [0.2, 0.25) is 0 Å². The third-order valence-corrected chi connectivity index (χ3v) is 9.06.